The predicted molar refractivity (Wildman–Crippen MR) is 99.1 cm³/mol. The lowest BCUT2D eigenvalue weighted by Crippen LogP contribution is -2.60. The molecule has 8 heteroatoms. The minimum Gasteiger partial charge on any atom is -0.398 e. The molecule has 24 heavy (non-hydrogen) atoms. The van der Waals surface area contributed by atoms with Crippen molar-refractivity contribution < 1.29 is 9.59 Å². The van der Waals surface area contributed by atoms with Crippen LogP contribution in [0.25, 0.3) is 0 Å². The Labute approximate surface area is 152 Å². The SMILES string of the molecule is Nc1cc(Cl)ccc1C(=O)NC1(C(=O)NCC(N)S)CCCCC1. The van der Waals surface area contributed by atoms with Crippen molar-refractivity contribution >= 4 is 41.7 Å². The average molecular weight is 371 g/mol. The van der Waals surface area contributed by atoms with Gasteiger partial charge < -0.3 is 22.1 Å². The van der Waals surface area contributed by atoms with Crippen LogP contribution in [0.3, 0.4) is 0 Å². The predicted octanol–water partition coefficient (Wildman–Crippen LogP) is 1.69. The van der Waals surface area contributed by atoms with E-state index in [9.17, 15) is 9.59 Å². The minimum atomic E-state index is -0.940. The molecule has 0 spiro atoms. The van der Waals surface area contributed by atoms with Gasteiger partial charge in [-0.15, -0.1) is 0 Å². The van der Waals surface area contributed by atoms with E-state index < -0.39 is 10.9 Å². The molecule has 2 amide bonds. The summed E-state index contributed by atoms with van der Waals surface area (Å²) in [7, 11) is 0. The van der Waals surface area contributed by atoms with Gasteiger partial charge in [-0.25, -0.2) is 0 Å². The van der Waals surface area contributed by atoms with Crippen LogP contribution in [-0.4, -0.2) is 29.3 Å². The summed E-state index contributed by atoms with van der Waals surface area (Å²) in [5.74, 6) is -0.607. The Morgan fingerprint density at radius 3 is 2.54 bits per heavy atom. The largest absolute Gasteiger partial charge is 0.398 e. The molecule has 1 aliphatic rings. The highest BCUT2D eigenvalue weighted by atomic mass is 35.5. The first-order valence-corrected chi connectivity index (χ1v) is 8.83. The van der Waals surface area contributed by atoms with E-state index in [4.69, 9.17) is 23.1 Å². The van der Waals surface area contributed by atoms with Crippen LogP contribution < -0.4 is 22.1 Å². The third kappa shape index (κ3) is 4.55. The molecule has 0 bridgehead atoms. The summed E-state index contributed by atoms with van der Waals surface area (Å²) in [5, 5.41) is 5.67. The first-order valence-electron chi connectivity index (χ1n) is 7.93. The van der Waals surface area contributed by atoms with Crippen LogP contribution in [0.2, 0.25) is 5.02 Å². The number of nitrogens with two attached hydrogens (primary N) is 2. The number of halogens is 1. The number of amides is 2. The molecule has 1 aromatic carbocycles. The van der Waals surface area contributed by atoms with Gasteiger partial charge in [0.15, 0.2) is 0 Å². The lowest BCUT2D eigenvalue weighted by atomic mass is 9.80. The molecule has 6 nitrogen and oxygen atoms in total. The molecular formula is C16H23ClN4O2S. The fourth-order valence-electron chi connectivity index (χ4n) is 2.96. The first-order chi connectivity index (χ1) is 11.3. The average Bonchev–Trinajstić information content (AvgIpc) is 2.53. The van der Waals surface area contributed by atoms with Crippen molar-refractivity contribution in [1.82, 2.24) is 10.6 Å². The van der Waals surface area contributed by atoms with E-state index in [1.165, 1.54) is 6.07 Å². The Bertz CT molecular complexity index is 618. The van der Waals surface area contributed by atoms with E-state index >= 15 is 0 Å². The molecule has 132 valence electrons. The number of thiol groups is 1. The second-order valence-corrected chi connectivity index (χ2v) is 7.21. The summed E-state index contributed by atoms with van der Waals surface area (Å²) in [6.07, 6.45) is 3.95. The maximum atomic E-state index is 12.7. The van der Waals surface area contributed by atoms with Crippen LogP contribution in [0.4, 0.5) is 5.69 Å². The number of benzene rings is 1. The normalized spacial score (nSPS) is 17.8. The minimum absolute atomic E-state index is 0.229. The number of anilines is 1. The van der Waals surface area contributed by atoms with Crippen molar-refractivity contribution in [1.29, 1.82) is 0 Å². The van der Waals surface area contributed by atoms with Crippen LogP contribution in [0, 0.1) is 0 Å². The highest BCUT2D eigenvalue weighted by Crippen LogP contribution is 2.29. The molecule has 1 unspecified atom stereocenters. The molecule has 1 aromatic rings. The van der Waals surface area contributed by atoms with Gasteiger partial charge >= 0.3 is 0 Å². The molecule has 2 rings (SSSR count). The monoisotopic (exact) mass is 370 g/mol. The lowest BCUT2D eigenvalue weighted by Gasteiger charge is -2.37. The fourth-order valence-corrected chi connectivity index (χ4v) is 3.23. The zero-order valence-corrected chi connectivity index (χ0v) is 15.0. The zero-order chi connectivity index (χ0) is 17.7. The molecule has 6 N–H and O–H groups in total. The molecule has 1 saturated carbocycles. The standard InChI is InChI=1S/C16H23ClN4O2S/c17-10-4-5-11(12(18)8-10)14(22)21-16(6-2-1-3-7-16)15(23)20-9-13(19)24/h4-5,8,13,24H,1-3,6-7,9,18-19H2,(H,20,23)(H,21,22). The van der Waals surface area contributed by atoms with E-state index in [0.717, 1.165) is 19.3 Å². The van der Waals surface area contributed by atoms with Gasteiger partial charge in [-0.2, -0.15) is 12.6 Å². The highest BCUT2D eigenvalue weighted by Gasteiger charge is 2.41. The van der Waals surface area contributed by atoms with Crippen molar-refractivity contribution in [3.05, 3.63) is 28.8 Å². The number of nitrogen functional groups attached to an aromatic ring is 1. The number of hydrogen-bond donors (Lipinski definition) is 5. The highest BCUT2D eigenvalue weighted by molar-refractivity contribution is 7.80. The molecular weight excluding hydrogens is 348 g/mol. The number of rotatable bonds is 5. The summed E-state index contributed by atoms with van der Waals surface area (Å²) in [4.78, 5) is 25.3. The van der Waals surface area contributed by atoms with Crippen LogP contribution >= 0.6 is 24.2 Å². The molecule has 0 heterocycles. The first kappa shape index (κ1) is 18.9. The Kier molecular flexibility index (Phi) is 6.37. The Balaban J connectivity index is 2.18. The van der Waals surface area contributed by atoms with Gasteiger partial charge in [0.2, 0.25) is 5.91 Å². The number of carbonyl (C=O) groups is 2. The second-order valence-electron chi connectivity index (χ2n) is 6.11. The summed E-state index contributed by atoms with van der Waals surface area (Å²) in [6, 6.07) is 4.68. The molecule has 1 aliphatic carbocycles. The fraction of sp³-hybridized carbons (Fsp3) is 0.500. The van der Waals surface area contributed by atoms with Gasteiger partial charge in [-0.05, 0) is 31.0 Å². The van der Waals surface area contributed by atoms with Crippen LogP contribution in [-0.2, 0) is 4.79 Å². The smallest absolute Gasteiger partial charge is 0.254 e. The molecule has 1 fully saturated rings. The molecule has 0 aliphatic heterocycles. The van der Waals surface area contributed by atoms with Gasteiger partial charge in [-0.3, -0.25) is 9.59 Å². The zero-order valence-electron chi connectivity index (χ0n) is 13.3. The molecule has 0 saturated heterocycles. The number of nitrogens with one attached hydrogen (secondary N) is 2. The van der Waals surface area contributed by atoms with Crippen molar-refractivity contribution in [3.63, 3.8) is 0 Å². The Hall–Kier alpha value is -1.44. The quantitative estimate of drug-likeness (QED) is 0.308. The Morgan fingerprint density at radius 1 is 1.29 bits per heavy atom. The molecule has 0 radical (unpaired) electrons. The van der Waals surface area contributed by atoms with Crippen LogP contribution in [0.1, 0.15) is 42.5 Å². The van der Waals surface area contributed by atoms with Gasteiger partial charge in [0.05, 0.1) is 10.9 Å². The summed E-state index contributed by atoms with van der Waals surface area (Å²) in [6.45, 7) is 0.239. The second kappa shape index (κ2) is 8.09. The van der Waals surface area contributed by atoms with E-state index in [2.05, 4.69) is 23.3 Å². The van der Waals surface area contributed by atoms with Gasteiger partial charge in [0.25, 0.3) is 5.91 Å². The summed E-state index contributed by atoms with van der Waals surface area (Å²) >= 11 is 9.93. The molecule has 0 aromatic heterocycles. The molecule has 1 atom stereocenters. The van der Waals surface area contributed by atoms with Gasteiger partial charge in [0.1, 0.15) is 5.54 Å². The van der Waals surface area contributed by atoms with Crippen molar-refractivity contribution in [2.45, 2.75) is 43.0 Å². The van der Waals surface area contributed by atoms with E-state index in [1.807, 2.05) is 0 Å². The maximum absolute atomic E-state index is 12.7. The van der Waals surface area contributed by atoms with Crippen molar-refractivity contribution in [3.8, 4) is 0 Å². The topological polar surface area (TPSA) is 110 Å². The Morgan fingerprint density at radius 2 is 1.96 bits per heavy atom. The van der Waals surface area contributed by atoms with Gasteiger partial charge in [-0.1, -0.05) is 30.9 Å². The van der Waals surface area contributed by atoms with Crippen molar-refractivity contribution in [2.75, 3.05) is 12.3 Å². The van der Waals surface area contributed by atoms with Crippen molar-refractivity contribution in [2.24, 2.45) is 5.73 Å². The van der Waals surface area contributed by atoms with Crippen LogP contribution in [0.15, 0.2) is 18.2 Å². The van der Waals surface area contributed by atoms with Crippen LogP contribution in [0.5, 0.6) is 0 Å². The third-order valence-corrected chi connectivity index (χ3v) is 4.64. The summed E-state index contributed by atoms with van der Waals surface area (Å²) < 4.78 is 0. The third-order valence-electron chi connectivity index (χ3n) is 4.22. The van der Waals surface area contributed by atoms with E-state index in [1.54, 1.807) is 12.1 Å². The van der Waals surface area contributed by atoms with E-state index in [0.29, 0.717) is 23.4 Å². The maximum Gasteiger partial charge on any atom is 0.254 e. The lowest BCUT2D eigenvalue weighted by molar-refractivity contribution is -0.128. The number of carbonyl (C=O) groups excluding carboxylic acids is 2. The van der Waals surface area contributed by atoms with E-state index in [-0.39, 0.29) is 24.0 Å². The number of hydrogen-bond acceptors (Lipinski definition) is 5. The summed E-state index contributed by atoms with van der Waals surface area (Å²) in [5.41, 5.74) is 11.1. The van der Waals surface area contributed by atoms with Gasteiger partial charge in [0, 0.05) is 17.3 Å².